The van der Waals surface area contributed by atoms with Crippen LogP contribution in [0.5, 0.6) is 5.75 Å². The van der Waals surface area contributed by atoms with Gasteiger partial charge in [0.25, 0.3) is 0 Å². The first-order valence-corrected chi connectivity index (χ1v) is 6.10. The molecule has 0 spiro atoms. The lowest BCUT2D eigenvalue weighted by atomic mass is 10.2. The Balaban J connectivity index is 2.79. The van der Waals surface area contributed by atoms with Crippen LogP contribution < -0.4 is 4.74 Å². The zero-order valence-electron chi connectivity index (χ0n) is 8.04. The second-order valence-corrected chi connectivity index (χ2v) is 4.68. The van der Waals surface area contributed by atoms with E-state index in [9.17, 15) is 0 Å². The first-order chi connectivity index (χ1) is 7.19. The number of benzene rings is 1. The summed E-state index contributed by atoms with van der Waals surface area (Å²) < 4.78 is 7.05. The SMILES string of the molecule is OCCCOc1c(Br)cc(CO)cc1Br. The van der Waals surface area contributed by atoms with Crippen molar-refractivity contribution < 1.29 is 14.9 Å². The van der Waals surface area contributed by atoms with Crippen molar-refractivity contribution in [2.24, 2.45) is 0 Å². The minimum Gasteiger partial charge on any atom is -0.491 e. The molecule has 15 heavy (non-hydrogen) atoms. The summed E-state index contributed by atoms with van der Waals surface area (Å²) in [5.74, 6) is 0.695. The Hall–Kier alpha value is -0.100. The first kappa shape index (κ1) is 13.0. The van der Waals surface area contributed by atoms with Gasteiger partial charge in [-0.2, -0.15) is 0 Å². The predicted molar refractivity (Wildman–Crippen MR) is 65.0 cm³/mol. The minimum atomic E-state index is -0.00583. The molecule has 0 amide bonds. The monoisotopic (exact) mass is 338 g/mol. The van der Waals surface area contributed by atoms with Crippen molar-refractivity contribution in [2.45, 2.75) is 13.0 Å². The zero-order valence-corrected chi connectivity index (χ0v) is 11.2. The first-order valence-electron chi connectivity index (χ1n) is 4.51. The molecule has 84 valence electrons. The highest BCUT2D eigenvalue weighted by Gasteiger charge is 2.08. The molecule has 5 heteroatoms. The van der Waals surface area contributed by atoms with Gasteiger partial charge in [0, 0.05) is 13.0 Å². The molecule has 0 atom stereocenters. The van der Waals surface area contributed by atoms with Gasteiger partial charge in [-0.15, -0.1) is 0 Å². The van der Waals surface area contributed by atoms with Gasteiger partial charge in [0.2, 0.25) is 0 Å². The van der Waals surface area contributed by atoms with Crippen LogP contribution in [0.3, 0.4) is 0 Å². The lowest BCUT2D eigenvalue weighted by Gasteiger charge is -2.11. The van der Waals surface area contributed by atoms with Gasteiger partial charge >= 0.3 is 0 Å². The molecule has 2 N–H and O–H groups in total. The number of ether oxygens (including phenoxy) is 1. The molecule has 0 aromatic heterocycles. The Morgan fingerprint density at radius 2 is 1.73 bits per heavy atom. The summed E-state index contributed by atoms with van der Waals surface area (Å²) in [5, 5.41) is 17.6. The van der Waals surface area contributed by atoms with Crippen molar-refractivity contribution in [2.75, 3.05) is 13.2 Å². The largest absolute Gasteiger partial charge is 0.491 e. The van der Waals surface area contributed by atoms with E-state index in [4.69, 9.17) is 14.9 Å². The van der Waals surface area contributed by atoms with Gasteiger partial charge in [0.15, 0.2) is 0 Å². The number of halogens is 2. The molecule has 0 aliphatic heterocycles. The predicted octanol–water partition coefficient (Wildman–Crippen LogP) is 2.47. The quantitative estimate of drug-likeness (QED) is 0.810. The summed E-state index contributed by atoms with van der Waals surface area (Å²) in [6, 6.07) is 3.61. The van der Waals surface area contributed by atoms with Crippen molar-refractivity contribution >= 4 is 31.9 Å². The fraction of sp³-hybridized carbons (Fsp3) is 0.400. The average Bonchev–Trinajstić information content (AvgIpc) is 2.22. The van der Waals surface area contributed by atoms with E-state index in [1.54, 1.807) is 12.1 Å². The molecule has 3 nitrogen and oxygen atoms in total. The highest BCUT2D eigenvalue weighted by Crippen LogP contribution is 2.34. The summed E-state index contributed by atoms with van der Waals surface area (Å²) in [7, 11) is 0. The van der Waals surface area contributed by atoms with Crippen LogP contribution >= 0.6 is 31.9 Å². The topological polar surface area (TPSA) is 49.7 Å². The fourth-order valence-electron chi connectivity index (χ4n) is 1.08. The van der Waals surface area contributed by atoms with Crippen LogP contribution in [-0.4, -0.2) is 23.4 Å². The molecule has 0 radical (unpaired) electrons. The number of rotatable bonds is 5. The third-order valence-corrected chi connectivity index (χ3v) is 2.97. The van der Waals surface area contributed by atoms with Crippen LogP contribution in [0.2, 0.25) is 0 Å². The lowest BCUT2D eigenvalue weighted by molar-refractivity contribution is 0.232. The Morgan fingerprint density at radius 1 is 1.13 bits per heavy atom. The number of aliphatic hydroxyl groups is 2. The van der Waals surface area contributed by atoms with Gasteiger partial charge in [-0.3, -0.25) is 0 Å². The van der Waals surface area contributed by atoms with E-state index in [2.05, 4.69) is 31.9 Å². The molecule has 0 unspecified atom stereocenters. The van der Waals surface area contributed by atoms with E-state index in [-0.39, 0.29) is 13.2 Å². The van der Waals surface area contributed by atoms with E-state index < -0.39 is 0 Å². The molecular weight excluding hydrogens is 328 g/mol. The van der Waals surface area contributed by atoms with Crippen LogP contribution in [0.1, 0.15) is 12.0 Å². The third-order valence-electron chi connectivity index (χ3n) is 1.79. The van der Waals surface area contributed by atoms with Crippen LogP contribution in [0.25, 0.3) is 0 Å². The second-order valence-electron chi connectivity index (χ2n) is 2.97. The zero-order chi connectivity index (χ0) is 11.3. The van der Waals surface area contributed by atoms with Crippen LogP contribution in [0.4, 0.5) is 0 Å². The Labute approximate surface area is 105 Å². The van der Waals surface area contributed by atoms with Crippen molar-refractivity contribution in [1.29, 1.82) is 0 Å². The molecule has 1 rings (SSSR count). The maximum Gasteiger partial charge on any atom is 0.147 e. The van der Waals surface area contributed by atoms with Crippen LogP contribution in [-0.2, 0) is 6.61 Å². The molecule has 0 saturated carbocycles. The van der Waals surface area contributed by atoms with E-state index in [1.807, 2.05) is 0 Å². The smallest absolute Gasteiger partial charge is 0.147 e. The van der Waals surface area contributed by atoms with E-state index in [0.29, 0.717) is 18.8 Å². The molecule has 0 saturated heterocycles. The molecule has 1 aromatic rings. The fourth-order valence-corrected chi connectivity index (χ4v) is 2.59. The minimum absolute atomic E-state index is 0.00583. The molecule has 0 aliphatic carbocycles. The normalized spacial score (nSPS) is 10.4. The highest BCUT2D eigenvalue weighted by molar-refractivity contribution is 9.11. The summed E-state index contributed by atoms with van der Waals surface area (Å²) >= 11 is 6.72. The number of hydrogen-bond acceptors (Lipinski definition) is 3. The third kappa shape index (κ3) is 3.75. The standard InChI is InChI=1S/C10H12Br2O3/c11-8-4-7(6-14)5-9(12)10(8)15-3-1-2-13/h4-5,13-14H,1-3,6H2. The van der Waals surface area contributed by atoms with Crippen molar-refractivity contribution in [3.8, 4) is 5.75 Å². The van der Waals surface area contributed by atoms with Gasteiger partial charge in [-0.1, -0.05) is 0 Å². The van der Waals surface area contributed by atoms with Crippen LogP contribution in [0.15, 0.2) is 21.1 Å². The van der Waals surface area contributed by atoms with E-state index in [0.717, 1.165) is 14.5 Å². The van der Waals surface area contributed by atoms with Gasteiger partial charge in [-0.05, 0) is 49.6 Å². The Bertz CT molecular complexity index is 305. The van der Waals surface area contributed by atoms with Gasteiger partial charge in [-0.25, -0.2) is 0 Å². The molecule has 0 heterocycles. The maximum absolute atomic E-state index is 8.98. The van der Waals surface area contributed by atoms with Crippen molar-refractivity contribution in [1.82, 2.24) is 0 Å². The summed E-state index contributed by atoms with van der Waals surface area (Å²) in [6.07, 6.45) is 0.598. The van der Waals surface area contributed by atoms with Crippen LogP contribution in [0, 0.1) is 0 Å². The highest BCUT2D eigenvalue weighted by atomic mass is 79.9. The Morgan fingerprint density at radius 3 is 2.20 bits per heavy atom. The average molecular weight is 340 g/mol. The van der Waals surface area contributed by atoms with Crippen molar-refractivity contribution in [3.63, 3.8) is 0 Å². The van der Waals surface area contributed by atoms with E-state index in [1.165, 1.54) is 0 Å². The molecule has 0 bridgehead atoms. The summed E-state index contributed by atoms with van der Waals surface area (Å²) in [5.41, 5.74) is 0.809. The van der Waals surface area contributed by atoms with Crippen molar-refractivity contribution in [3.05, 3.63) is 26.6 Å². The molecular formula is C10H12Br2O3. The summed E-state index contributed by atoms with van der Waals surface area (Å²) in [4.78, 5) is 0. The van der Waals surface area contributed by atoms with Gasteiger partial charge < -0.3 is 14.9 Å². The lowest BCUT2D eigenvalue weighted by Crippen LogP contribution is -2.01. The molecule has 0 fully saturated rings. The summed E-state index contributed by atoms with van der Waals surface area (Å²) in [6.45, 7) is 0.574. The molecule has 1 aromatic carbocycles. The maximum atomic E-state index is 8.98. The van der Waals surface area contributed by atoms with Gasteiger partial charge in [0.1, 0.15) is 5.75 Å². The molecule has 0 aliphatic rings. The number of aliphatic hydroxyl groups excluding tert-OH is 2. The number of hydrogen-bond donors (Lipinski definition) is 2. The van der Waals surface area contributed by atoms with Gasteiger partial charge in [0.05, 0.1) is 22.2 Å². The Kier molecular flexibility index (Phi) is 5.60. The van der Waals surface area contributed by atoms with E-state index >= 15 is 0 Å². The second kappa shape index (κ2) is 6.48.